The van der Waals surface area contributed by atoms with Crippen LogP contribution in [0.5, 0.6) is 0 Å². The Morgan fingerprint density at radius 3 is 2.78 bits per heavy atom. The van der Waals surface area contributed by atoms with Crippen molar-refractivity contribution in [3.05, 3.63) is 28.8 Å². The Bertz CT molecular complexity index is 667. The lowest BCUT2D eigenvalue weighted by molar-refractivity contribution is 0.0676. The number of nitrogens with zero attached hydrogens (tertiary/aromatic N) is 1. The molecule has 1 saturated heterocycles. The molecule has 1 atom stereocenters. The van der Waals surface area contributed by atoms with Crippen molar-refractivity contribution in [1.29, 1.82) is 0 Å². The number of hydrogen-bond acceptors (Lipinski definition) is 4. The van der Waals surface area contributed by atoms with Gasteiger partial charge in [-0.05, 0) is 37.0 Å². The van der Waals surface area contributed by atoms with Gasteiger partial charge in [-0.2, -0.15) is 0 Å². The smallest absolute Gasteiger partial charge is 0.255 e. The first kappa shape index (κ1) is 20.0. The number of nitrogen functional groups attached to an aromatic ring is 1. The quantitative estimate of drug-likeness (QED) is 0.776. The number of rotatable bonds is 4. The van der Waals surface area contributed by atoms with E-state index in [0.29, 0.717) is 35.9 Å². The molecule has 1 amide bonds. The van der Waals surface area contributed by atoms with Gasteiger partial charge in [0.15, 0.2) is 0 Å². The minimum Gasteiger partial charge on any atom is -0.399 e. The van der Waals surface area contributed by atoms with Crippen LogP contribution in [-0.2, 0) is 10.0 Å². The van der Waals surface area contributed by atoms with Gasteiger partial charge in [-0.15, -0.1) is 12.4 Å². The summed E-state index contributed by atoms with van der Waals surface area (Å²) in [5.41, 5.74) is 6.57. The largest absolute Gasteiger partial charge is 0.399 e. The maximum Gasteiger partial charge on any atom is 0.255 e. The number of sulfonamides is 1. The lowest BCUT2D eigenvalue weighted by atomic mass is 9.97. The van der Waals surface area contributed by atoms with Gasteiger partial charge in [0.05, 0.1) is 16.8 Å². The minimum atomic E-state index is -3.21. The van der Waals surface area contributed by atoms with E-state index in [4.69, 9.17) is 17.3 Å². The van der Waals surface area contributed by atoms with Crippen LogP contribution in [0.4, 0.5) is 5.69 Å². The van der Waals surface area contributed by atoms with E-state index in [2.05, 4.69) is 4.72 Å². The molecule has 1 aliphatic rings. The fourth-order valence-corrected chi connectivity index (χ4v) is 3.37. The molecule has 1 aromatic rings. The topological polar surface area (TPSA) is 92.5 Å². The van der Waals surface area contributed by atoms with Gasteiger partial charge in [0, 0.05) is 25.3 Å². The minimum absolute atomic E-state index is 0. The maximum absolute atomic E-state index is 12.5. The zero-order chi connectivity index (χ0) is 16.3. The molecule has 1 heterocycles. The van der Waals surface area contributed by atoms with Crippen molar-refractivity contribution in [2.45, 2.75) is 12.8 Å². The Labute approximate surface area is 147 Å². The molecule has 0 aliphatic carbocycles. The summed E-state index contributed by atoms with van der Waals surface area (Å²) < 4.78 is 24.8. The first-order valence-corrected chi connectivity index (χ1v) is 9.32. The van der Waals surface area contributed by atoms with Crippen LogP contribution in [0.25, 0.3) is 0 Å². The molecule has 23 heavy (non-hydrogen) atoms. The number of nitrogens with two attached hydrogens (primary N) is 1. The highest BCUT2D eigenvalue weighted by Gasteiger charge is 2.26. The van der Waals surface area contributed by atoms with Crippen molar-refractivity contribution < 1.29 is 13.2 Å². The Morgan fingerprint density at radius 2 is 2.17 bits per heavy atom. The van der Waals surface area contributed by atoms with E-state index in [1.165, 1.54) is 0 Å². The Morgan fingerprint density at radius 1 is 1.48 bits per heavy atom. The zero-order valence-electron chi connectivity index (χ0n) is 12.8. The summed E-state index contributed by atoms with van der Waals surface area (Å²) in [7, 11) is -3.21. The average Bonchev–Trinajstić information content (AvgIpc) is 2.44. The molecule has 1 unspecified atom stereocenters. The fraction of sp³-hybridized carbons (Fsp3) is 0.500. The van der Waals surface area contributed by atoms with Gasteiger partial charge in [0.25, 0.3) is 5.91 Å². The molecule has 0 saturated carbocycles. The highest BCUT2D eigenvalue weighted by atomic mass is 35.5. The van der Waals surface area contributed by atoms with Gasteiger partial charge >= 0.3 is 0 Å². The summed E-state index contributed by atoms with van der Waals surface area (Å²) in [5.74, 6) is -0.0333. The Hall–Kier alpha value is -1.02. The molecule has 1 aliphatic heterocycles. The van der Waals surface area contributed by atoms with Gasteiger partial charge in [0.2, 0.25) is 10.0 Å². The van der Waals surface area contributed by atoms with Gasteiger partial charge in [-0.25, -0.2) is 13.1 Å². The number of likely N-dealkylation sites (tertiary alicyclic amines) is 1. The van der Waals surface area contributed by atoms with Gasteiger partial charge in [-0.3, -0.25) is 4.79 Å². The number of piperidine rings is 1. The van der Waals surface area contributed by atoms with E-state index < -0.39 is 10.0 Å². The first-order chi connectivity index (χ1) is 10.3. The lowest BCUT2D eigenvalue weighted by Gasteiger charge is -2.33. The third-order valence-electron chi connectivity index (χ3n) is 3.66. The Kier molecular flexibility index (Phi) is 7.13. The monoisotopic (exact) mass is 381 g/mol. The Balaban J connectivity index is 0.00000264. The third-order valence-corrected chi connectivity index (χ3v) is 4.67. The van der Waals surface area contributed by atoms with E-state index in [0.717, 1.165) is 19.1 Å². The zero-order valence-corrected chi connectivity index (χ0v) is 15.2. The molecule has 0 radical (unpaired) electrons. The fourth-order valence-electron chi connectivity index (χ4n) is 2.56. The molecule has 3 N–H and O–H groups in total. The van der Waals surface area contributed by atoms with Crippen LogP contribution < -0.4 is 10.5 Å². The van der Waals surface area contributed by atoms with E-state index in [9.17, 15) is 13.2 Å². The predicted molar refractivity (Wildman–Crippen MR) is 94.6 cm³/mol. The normalized spacial score (nSPS) is 18.3. The SMILES string of the molecule is CS(=O)(=O)NCC1CCCN(C(=O)c2ccc(N)cc2Cl)C1.Cl. The number of amides is 1. The van der Waals surface area contributed by atoms with E-state index in [1.807, 2.05) is 0 Å². The number of carbonyl (C=O) groups excluding carboxylic acids is 1. The van der Waals surface area contributed by atoms with Gasteiger partial charge in [-0.1, -0.05) is 11.6 Å². The molecule has 0 bridgehead atoms. The number of halogens is 2. The number of carbonyl (C=O) groups is 1. The standard InChI is InChI=1S/C14H20ClN3O3S.ClH/c1-22(20,21)17-8-10-3-2-6-18(9-10)14(19)12-5-4-11(16)7-13(12)15;/h4-5,7,10,17H,2-3,6,8-9,16H2,1H3;1H. The van der Waals surface area contributed by atoms with Crippen LogP contribution in [0.15, 0.2) is 18.2 Å². The average molecular weight is 382 g/mol. The summed E-state index contributed by atoms with van der Waals surface area (Å²) >= 11 is 6.08. The highest BCUT2D eigenvalue weighted by molar-refractivity contribution is 7.88. The summed E-state index contributed by atoms with van der Waals surface area (Å²) in [6, 6.07) is 4.82. The lowest BCUT2D eigenvalue weighted by Crippen LogP contribution is -2.43. The molecule has 2 rings (SSSR count). The third kappa shape index (κ3) is 5.84. The number of benzene rings is 1. The number of hydrogen-bond donors (Lipinski definition) is 2. The second-order valence-corrected chi connectivity index (χ2v) is 7.86. The van der Waals surface area contributed by atoms with Crippen molar-refractivity contribution in [2.24, 2.45) is 5.92 Å². The van der Waals surface area contributed by atoms with Crippen LogP contribution in [0.1, 0.15) is 23.2 Å². The first-order valence-electron chi connectivity index (χ1n) is 7.05. The number of anilines is 1. The van der Waals surface area contributed by atoms with Crippen molar-refractivity contribution in [1.82, 2.24) is 9.62 Å². The van der Waals surface area contributed by atoms with Crippen LogP contribution in [0.3, 0.4) is 0 Å². The molecular weight excluding hydrogens is 361 g/mol. The molecule has 1 aromatic carbocycles. The summed E-state index contributed by atoms with van der Waals surface area (Å²) in [6.07, 6.45) is 2.86. The second-order valence-electron chi connectivity index (χ2n) is 5.62. The second kappa shape index (κ2) is 8.19. The van der Waals surface area contributed by atoms with Gasteiger partial charge < -0.3 is 10.6 Å². The van der Waals surface area contributed by atoms with E-state index in [1.54, 1.807) is 23.1 Å². The molecule has 0 spiro atoms. The molecule has 6 nitrogen and oxygen atoms in total. The van der Waals surface area contributed by atoms with Crippen LogP contribution in [0, 0.1) is 5.92 Å². The van der Waals surface area contributed by atoms with E-state index in [-0.39, 0.29) is 24.2 Å². The molecule has 1 fully saturated rings. The summed E-state index contributed by atoms with van der Waals surface area (Å²) in [6.45, 7) is 1.51. The van der Waals surface area contributed by atoms with E-state index >= 15 is 0 Å². The van der Waals surface area contributed by atoms with Crippen molar-refractivity contribution in [3.63, 3.8) is 0 Å². The van der Waals surface area contributed by atoms with Crippen molar-refractivity contribution in [3.8, 4) is 0 Å². The van der Waals surface area contributed by atoms with Crippen LogP contribution >= 0.6 is 24.0 Å². The van der Waals surface area contributed by atoms with Crippen LogP contribution in [-0.4, -0.2) is 45.1 Å². The van der Waals surface area contributed by atoms with Crippen molar-refractivity contribution in [2.75, 3.05) is 31.6 Å². The molecule has 9 heteroatoms. The van der Waals surface area contributed by atoms with Crippen molar-refractivity contribution >= 4 is 45.6 Å². The summed E-state index contributed by atoms with van der Waals surface area (Å²) in [4.78, 5) is 14.3. The number of nitrogens with one attached hydrogen (secondary N) is 1. The molecule has 0 aromatic heterocycles. The van der Waals surface area contributed by atoms with Gasteiger partial charge in [0.1, 0.15) is 0 Å². The van der Waals surface area contributed by atoms with Crippen LogP contribution in [0.2, 0.25) is 5.02 Å². The molecule has 130 valence electrons. The molecular formula is C14H21Cl2N3O3S. The maximum atomic E-state index is 12.5. The summed E-state index contributed by atoms with van der Waals surface area (Å²) in [5, 5.41) is 0.335. The predicted octanol–water partition coefficient (Wildman–Crippen LogP) is 1.75. The highest BCUT2D eigenvalue weighted by Crippen LogP contribution is 2.24.